The monoisotopic (exact) mass is 341 g/mol. The van der Waals surface area contributed by atoms with Gasteiger partial charge in [0.15, 0.2) is 0 Å². The SMILES string of the molecule is CCn1c(=O)cc(N2CC[C@@H](Nc3nccc4occc34)C2)[nH]c1=O. The molecule has 0 saturated carbocycles. The summed E-state index contributed by atoms with van der Waals surface area (Å²) in [5.41, 5.74) is 0.147. The first-order chi connectivity index (χ1) is 12.2. The normalized spacial score (nSPS) is 17.3. The van der Waals surface area contributed by atoms with Gasteiger partial charge in [-0.2, -0.15) is 0 Å². The van der Waals surface area contributed by atoms with E-state index in [1.54, 1.807) is 19.4 Å². The third-order valence-electron chi connectivity index (χ3n) is 4.57. The van der Waals surface area contributed by atoms with E-state index in [0.717, 1.165) is 29.8 Å². The first kappa shape index (κ1) is 15.5. The molecule has 1 atom stereocenters. The summed E-state index contributed by atoms with van der Waals surface area (Å²) >= 11 is 0. The topological polar surface area (TPSA) is 96.2 Å². The highest BCUT2D eigenvalue weighted by molar-refractivity contribution is 5.88. The van der Waals surface area contributed by atoms with Gasteiger partial charge >= 0.3 is 5.69 Å². The van der Waals surface area contributed by atoms with Gasteiger partial charge in [-0.1, -0.05) is 0 Å². The quantitative estimate of drug-likeness (QED) is 0.744. The van der Waals surface area contributed by atoms with E-state index >= 15 is 0 Å². The molecule has 0 aliphatic carbocycles. The molecule has 8 heteroatoms. The minimum Gasteiger partial charge on any atom is -0.464 e. The van der Waals surface area contributed by atoms with Crippen molar-refractivity contribution in [3.05, 3.63) is 51.5 Å². The van der Waals surface area contributed by atoms with Crippen molar-refractivity contribution in [3.63, 3.8) is 0 Å². The minimum atomic E-state index is -0.369. The number of aromatic amines is 1. The number of nitrogens with zero attached hydrogens (tertiary/aromatic N) is 3. The highest BCUT2D eigenvalue weighted by atomic mass is 16.3. The van der Waals surface area contributed by atoms with E-state index in [4.69, 9.17) is 4.42 Å². The van der Waals surface area contributed by atoms with Gasteiger partial charge < -0.3 is 14.6 Å². The van der Waals surface area contributed by atoms with Crippen molar-refractivity contribution in [1.29, 1.82) is 0 Å². The number of furan rings is 1. The molecule has 4 heterocycles. The number of pyridine rings is 1. The third-order valence-corrected chi connectivity index (χ3v) is 4.57. The maximum atomic E-state index is 12.0. The standard InChI is InChI=1S/C17H19N5O3/c1-2-22-15(23)9-14(20-17(22)24)21-7-4-11(10-21)19-16-12-5-8-25-13(12)3-6-18-16/h3,5-6,8-9,11H,2,4,7,10H2,1H3,(H,18,19)(H,20,24)/t11-/m1/s1. The Morgan fingerprint density at radius 2 is 2.28 bits per heavy atom. The zero-order chi connectivity index (χ0) is 17.4. The number of rotatable bonds is 4. The number of anilines is 2. The van der Waals surface area contributed by atoms with Crippen LogP contribution in [0.4, 0.5) is 11.6 Å². The molecular weight excluding hydrogens is 322 g/mol. The van der Waals surface area contributed by atoms with Crippen molar-refractivity contribution in [2.24, 2.45) is 0 Å². The van der Waals surface area contributed by atoms with Crippen LogP contribution in [0.5, 0.6) is 0 Å². The van der Waals surface area contributed by atoms with Crippen molar-refractivity contribution in [1.82, 2.24) is 14.5 Å². The van der Waals surface area contributed by atoms with E-state index in [-0.39, 0.29) is 17.3 Å². The van der Waals surface area contributed by atoms with Crippen LogP contribution < -0.4 is 21.5 Å². The third kappa shape index (κ3) is 2.79. The van der Waals surface area contributed by atoms with Crippen LogP contribution in [-0.4, -0.2) is 33.7 Å². The fraction of sp³-hybridized carbons (Fsp3) is 0.353. The van der Waals surface area contributed by atoms with Gasteiger partial charge in [0.05, 0.1) is 11.6 Å². The second kappa shape index (κ2) is 6.12. The zero-order valence-corrected chi connectivity index (χ0v) is 13.9. The summed E-state index contributed by atoms with van der Waals surface area (Å²) in [6.07, 6.45) is 4.24. The molecule has 0 amide bonds. The van der Waals surface area contributed by atoms with Gasteiger partial charge in [0.25, 0.3) is 5.56 Å². The number of nitrogens with one attached hydrogen (secondary N) is 2. The summed E-state index contributed by atoms with van der Waals surface area (Å²) in [5.74, 6) is 1.35. The lowest BCUT2D eigenvalue weighted by atomic mass is 10.2. The predicted octanol–water partition coefficient (Wildman–Crippen LogP) is 1.39. The fourth-order valence-electron chi connectivity index (χ4n) is 3.28. The lowest BCUT2D eigenvalue weighted by Crippen LogP contribution is -2.37. The summed E-state index contributed by atoms with van der Waals surface area (Å²) in [7, 11) is 0. The largest absolute Gasteiger partial charge is 0.464 e. The Labute approximate surface area is 143 Å². The Bertz CT molecular complexity index is 988. The van der Waals surface area contributed by atoms with Gasteiger partial charge in [-0.15, -0.1) is 0 Å². The summed E-state index contributed by atoms with van der Waals surface area (Å²) in [4.78, 5) is 33.2. The number of hydrogen-bond donors (Lipinski definition) is 2. The van der Waals surface area contributed by atoms with Gasteiger partial charge in [-0.25, -0.2) is 9.78 Å². The molecule has 0 bridgehead atoms. The lowest BCUT2D eigenvalue weighted by molar-refractivity contribution is 0.615. The van der Waals surface area contributed by atoms with Crippen LogP contribution in [-0.2, 0) is 6.54 Å². The molecule has 1 aliphatic rings. The van der Waals surface area contributed by atoms with Crippen molar-refractivity contribution in [2.75, 3.05) is 23.3 Å². The van der Waals surface area contributed by atoms with Crippen molar-refractivity contribution in [3.8, 4) is 0 Å². The van der Waals surface area contributed by atoms with Crippen LogP contribution in [0.15, 0.2) is 44.7 Å². The molecule has 1 aliphatic heterocycles. The fourth-order valence-corrected chi connectivity index (χ4v) is 3.28. The lowest BCUT2D eigenvalue weighted by Gasteiger charge is -2.19. The molecule has 8 nitrogen and oxygen atoms in total. The highest BCUT2D eigenvalue weighted by Gasteiger charge is 2.24. The number of aromatic nitrogens is 3. The Hall–Kier alpha value is -3.03. The molecule has 4 rings (SSSR count). The van der Waals surface area contributed by atoms with Gasteiger partial charge in [0, 0.05) is 37.9 Å². The molecule has 1 fully saturated rings. The molecule has 0 unspecified atom stereocenters. The summed E-state index contributed by atoms with van der Waals surface area (Å²) in [6.45, 7) is 3.57. The van der Waals surface area contributed by atoms with Crippen LogP contribution in [0.3, 0.4) is 0 Å². The smallest absolute Gasteiger partial charge is 0.329 e. The number of hydrogen-bond acceptors (Lipinski definition) is 6. The average Bonchev–Trinajstić information content (AvgIpc) is 3.24. The van der Waals surface area contributed by atoms with Crippen LogP contribution in [0.25, 0.3) is 11.0 Å². The van der Waals surface area contributed by atoms with Crippen LogP contribution in [0.1, 0.15) is 13.3 Å². The van der Waals surface area contributed by atoms with E-state index in [0.29, 0.717) is 18.9 Å². The molecule has 0 spiro atoms. The number of H-pyrrole nitrogens is 1. The Morgan fingerprint density at radius 1 is 1.40 bits per heavy atom. The molecule has 1 saturated heterocycles. The van der Waals surface area contributed by atoms with E-state index in [2.05, 4.69) is 15.3 Å². The van der Waals surface area contributed by atoms with Gasteiger partial charge in [-0.05, 0) is 25.5 Å². The molecule has 0 aromatic carbocycles. The molecule has 130 valence electrons. The second-order valence-corrected chi connectivity index (χ2v) is 6.11. The van der Waals surface area contributed by atoms with E-state index < -0.39 is 0 Å². The van der Waals surface area contributed by atoms with E-state index in [1.807, 2.05) is 17.0 Å². The van der Waals surface area contributed by atoms with Crippen molar-refractivity contribution < 1.29 is 4.42 Å². The maximum absolute atomic E-state index is 12.0. The van der Waals surface area contributed by atoms with Crippen molar-refractivity contribution >= 4 is 22.6 Å². The minimum absolute atomic E-state index is 0.171. The maximum Gasteiger partial charge on any atom is 0.329 e. The van der Waals surface area contributed by atoms with Crippen molar-refractivity contribution in [2.45, 2.75) is 25.9 Å². The molecule has 2 N–H and O–H groups in total. The molecule has 0 radical (unpaired) electrons. The Balaban J connectivity index is 1.53. The zero-order valence-electron chi connectivity index (χ0n) is 13.9. The molecule has 3 aromatic rings. The first-order valence-corrected chi connectivity index (χ1v) is 8.33. The van der Waals surface area contributed by atoms with E-state index in [1.165, 1.54) is 10.6 Å². The second-order valence-electron chi connectivity index (χ2n) is 6.11. The van der Waals surface area contributed by atoms with Crippen LogP contribution >= 0.6 is 0 Å². The summed E-state index contributed by atoms with van der Waals surface area (Å²) in [5, 5.41) is 4.38. The average molecular weight is 341 g/mol. The Morgan fingerprint density at radius 3 is 3.08 bits per heavy atom. The highest BCUT2D eigenvalue weighted by Crippen LogP contribution is 2.25. The van der Waals surface area contributed by atoms with Gasteiger partial charge in [-0.3, -0.25) is 14.3 Å². The molecular formula is C17H19N5O3. The summed E-state index contributed by atoms with van der Waals surface area (Å²) < 4.78 is 6.57. The van der Waals surface area contributed by atoms with Crippen LogP contribution in [0, 0.1) is 0 Å². The van der Waals surface area contributed by atoms with Gasteiger partial charge in [0.1, 0.15) is 17.2 Å². The molecule has 3 aromatic heterocycles. The Kier molecular flexibility index (Phi) is 3.79. The number of fused-ring (bicyclic) bond motifs is 1. The van der Waals surface area contributed by atoms with E-state index in [9.17, 15) is 9.59 Å². The first-order valence-electron chi connectivity index (χ1n) is 8.33. The summed E-state index contributed by atoms with van der Waals surface area (Å²) in [6, 6.07) is 5.38. The molecule has 25 heavy (non-hydrogen) atoms. The van der Waals surface area contributed by atoms with Crippen LogP contribution in [0.2, 0.25) is 0 Å². The predicted molar refractivity (Wildman–Crippen MR) is 95.2 cm³/mol. The van der Waals surface area contributed by atoms with Gasteiger partial charge in [0.2, 0.25) is 0 Å².